The predicted octanol–water partition coefficient (Wildman–Crippen LogP) is 4.66. The van der Waals surface area contributed by atoms with E-state index in [2.05, 4.69) is 27.0 Å². The third-order valence-electron chi connectivity index (χ3n) is 7.42. The van der Waals surface area contributed by atoms with E-state index in [-0.39, 0.29) is 29.8 Å². The number of carbonyl (C=O) groups is 3. The molecule has 2 aliphatic rings. The minimum absolute atomic E-state index is 0.0214. The van der Waals surface area contributed by atoms with Gasteiger partial charge in [-0.15, -0.1) is 0 Å². The molecule has 1 aliphatic carbocycles. The first-order chi connectivity index (χ1) is 17.0. The van der Waals surface area contributed by atoms with E-state index >= 15 is 0 Å². The van der Waals surface area contributed by atoms with E-state index in [1.54, 1.807) is 7.05 Å². The Kier molecular flexibility index (Phi) is 3.90. The second-order valence-corrected chi connectivity index (χ2v) is 9.45. The smallest absolute Gasteiger partial charge is 0.262 e. The summed E-state index contributed by atoms with van der Waals surface area (Å²) in [7, 11) is 1.55. The number of carbonyl (C=O) groups excluding carboxylic acids is 3. The molecule has 0 fully saturated rings. The zero-order chi connectivity index (χ0) is 24.0. The summed E-state index contributed by atoms with van der Waals surface area (Å²) in [5.41, 5.74) is 4.61. The molecule has 3 heterocycles. The van der Waals surface area contributed by atoms with E-state index in [9.17, 15) is 14.4 Å². The van der Waals surface area contributed by atoms with Crippen LogP contribution in [0.3, 0.4) is 0 Å². The lowest BCUT2D eigenvalue weighted by Gasteiger charge is -2.17. The van der Waals surface area contributed by atoms with E-state index in [4.69, 9.17) is 0 Å². The van der Waals surface area contributed by atoms with Gasteiger partial charge in [0.25, 0.3) is 11.8 Å². The Morgan fingerprint density at radius 3 is 2.40 bits per heavy atom. The molecule has 0 radical (unpaired) electrons. The first-order valence-corrected chi connectivity index (χ1v) is 11.7. The topological polar surface area (TPSA) is 87.2 Å². The van der Waals surface area contributed by atoms with Crippen molar-refractivity contribution in [2.75, 3.05) is 7.05 Å². The van der Waals surface area contributed by atoms with Crippen LogP contribution in [-0.4, -0.2) is 45.3 Å². The molecule has 3 aromatic carbocycles. The molecule has 7 heteroatoms. The molecule has 35 heavy (non-hydrogen) atoms. The Morgan fingerprint density at radius 2 is 1.63 bits per heavy atom. The summed E-state index contributed by atoms with van der Waals surface area (Å²) in [6.07, 6.45) is 4.86. The summed E-state index contributed by atoms with van der Waals surface area (Å²) in [4.78, 5) is 43.4. The van der Waals surface area contributed by atoms with Crippen LogP contribution in [0.4, 0.5) is 0 Å². The van der Waals surface area contributed by atoms with E-state index < -0.39 is 0 Å². The summed E-state index contributed by atoms with van der Waals surface area (Å²) in [5, 5.41) is 6.44. The lowest BCUT2D eigenvalue weighted by Crippen LogP contribution is -2.30. The molecule has 0 saturated heterocycles. The number of allylic oxidation sites excluding steroid dienone is 1. The van der Waals surface area contributed by atoms with Gasteiger partial charge in [-0.2, -0.15) is 0 Å². The number of nitrogens with zero attached hydrogens (tertiary/aromatic N) is 2. The number of imide groups is 1. The number of aromatic amines is 1. The fraction of sp³-hybridized carbons (Fsp3) is 0.179. The lowest BCUT2D eigenvalue weighted by atomic mass is 9.96. The van der Waals surface area contributed by atoms with E-state index in [1.165, 1.54) is 11.8 Å². The summed E-state index contributed by atoms with van der Waals surface area (Å²) in [6, 6.07) is 15.8. The molecule has 2 atom stereocenters. The van der Waals surface area contributed by atoms with Gasteiger partial charge in [-0.25, -0.2) is 0 Å². The Labute approximate surface area is 200 Å². The molecule has 0 bridgehead atoms. The Morgan fingerprint density at radius 1 is 0.943 bits per heavy atom. The Balaban J connectivity index is 1.67. The van der Waals surface area contributed by atoms with E-state index in [0.29, 0.717) is 17.5 Å². The maximum atomic E-state index is 13.5. The molecule has 0 spiro atoms. The molecule has 0 saturated carbocycles. The first-order valence-electron chi connectivity index (χ1n) is 11.7. The summed E-state index contributed by atoms with van der Waals surface area (Å²) < 4.78 is 2.26. The van der Waals surface area contributed by atoms with Crippen LogP contribution in [0.1, 0.15) is 40.1 Å². The minimum atomic E-state index is -0.275. The van der Waals surface area contributed by atoms with Crippen molar-refractivity contribution >= 4 is 61.3 Å². The number of amides is 3. The molecule has 3 amide bonds. The number of nitrogens with one attached hydrogen (secondary N) is 2. The highest BCUT2D eigenvalue weighted by Crippen LogP contribution is 2.46. The van der Waals surface area contributed by atoms with Crippen molar-refractivity contribution in [1.82, 2.24) is 19.8 Å². The number of hydrogen-bond donors (Lipinski definition) is 2. The van der Waals surface area contributed by atoms with Gasteiger partial charge in [0, 0.05) is 52.6 Å². The molecule has 1 unspecified atom stereocenters. The van der Waals surface area contributed by atoms with Crippen LogP contribution in [-0.2, 0) is 4.79 Å². The van der Waals surface area contributed by atoms with Gasteiger partial charge in [0.1, 0.15) is 0 Å². The number of H-pyrrole nitrogens is 1. The van der Waals surface area contributed by atoms with Crippen LogP contribution < -0.4 is 5.32 Å². The Bertz CT molecular complexity index is 1810. The van der Waals surface area contributed by atoms with Gasteiger partial charge in [0.2, 0.25) is 5.91 Å². The highest BCUT2D eigenvalue weighted by molar-refractivity contribution is 6.39. The van der Waals surface area contributed by atoms with Gasteiger partial charge in [-0.05, 0) is 18.6 Å². The number of benzene rings is 3. The molecule has 5 aromatic rings. The molecule has 1 aliphatic heterocycles. The fourth-order valence-corrected chi connectivity index (χ4v) is 6.03. The molecular formula is C28H22N4O3. The highest BCUT2D eigenvalue weighted by atomic mass is 16.2. The number of rotatable bonds is 2. The summed E-state index contributed by atoms with van der Waals surface area (Å²) >= 11 is 0. The van der Waals surface area contributed by atoms with Gasteiger partial charge in [-0.1, -0.05) is 48.6 Å². The number of aromatic nitrogens is 2. The molecular weight excluding hydrogens is 440 g/mol. The maximum absolute atomic E-state index is 13.5. The molecule has 2 N–H and O–H groups in total. The average molecular weight is 463 g/mol. The second kappa shape index (κ2) is 6.82. The number of para-hydroxylation sites is 2. The first kappa shape index (κ1) is 20.0. The van der Waals surface area contributed by atoms with Crippen molar-refractivity contribution in [3.8, 4) is 0 Å². The van der Waals surface area contributed by atoms with Crippen molar-refractivity contribution in [1.29, 1.82) is 0 Å². The van der Waals surface area contributed by atoms with Crippen LogP contribution >= 0.6 is 0 Å². The average Bonchev–Trinajstić information content (AvgIpc) is 3.58. The third kappa shape index (κ3) is 2.52. The second-order valence-electron chi connectivity index (χ2n) is 9.45. The summed E-state index contributed by atoms with van der Waals surface area (Å²) in [5.74, 6) is -0.612. The van der Waals surface area contributed by atoms with Crippen LogP contribution in [0.25, 0.3) is 43.6 Å². The van der Waals surface area contributed by atoms with Crippen LogP contribution in [0.5, 0.6) is 0 Å². The largest absolute Gasteiger partial charge is 0.353 e. The van der Waals surface area contributed by atoms with Crippen molar-refractivity contribution in [2.24, 2.45) is 0 Å². The molecule has 7 rings (SSSR count). The lowest BCUT2D eigenvalue weighted by molar-refractivity contribution is -0.119. The van der Waals surface area contributed by atoms with Gasteiger partial charge in [-0.3, -0.25) is 19.3 Å². The molecule has 172 valence electrons. The Hall–Kier alpha value is -4.39. The van der Waals surface area contributed by atoms with Crippen molar-refractivity contribution < 1.29 is 14.4 Å². The number of fused-ring (bicyclic) bond motifs is 10. The normalized spacial score (nSPS) is 19.7. The van der Waals surface area contributed by atoms with E-state index in [0.717, 1.165) is 43.6 Å². The molecule has 2 aromatic heterocycles. The van der Waals surface area contributed by atoms with Gasteiger partial charge in [0.05, 0.1) is 28.2 Å². The van der Waals surface area contributed by atoms with Gasteiger partial charge in [0.15, 0.2) is 0 Å². The zero-order valence-corrected chi connectivity index (χ0v) is 19.3. The van der Waals surface area contributed by atoms with Crippen LogP contribution in [0.15, 0.2) is 60.7 Å². The van der Waals surface area contributed by atoms with Gasteiger partial charge < -0.3 is 14.9 Å². The third-order valence-corrected chi connectivity index (χ3v) is 7.42. The van der Waals surface area contributed by atoms with Crippen LogP contribution in [0.2, 0.25) is 0 Å². The maximum Gasteiger partial charge on any atom is 0.262 e. The van der Waals surface area contributed by atoms with Gasteiger partial charge >= 0.3 is 0 Å². The quantitative estimate of drug-likeness (QED) is 0.295. The molecule has 7 nitrogen and oxygen atoms in total. The van der Waals surface area contributed by atoms with Crippen molar-refractivity contribution in [3.05, 3.63) is 71.8 Å². The fourth-order valence-electron chi connectivity index (χ4n) is 6.03. The SMILES string of the molecule is CC(=O)N[C@@H]1C=CC(n2c3ccccc3c3c4c(c5c6ccccc6[nH]c5c32)C(=O)N(C)C4=O)C1. The predicted molar refractivity (Wildman–Crippen MR) is 136 cm³/mol. The van der Waals surface area contributed by atoms with Crippen molar-refractivity contribution in [3.63, 3.8) is 0 Å². The summed E-state index contributed by atoms with van der Waals surface area (Å²) in [6.45, 7) is 1.53. The van der Waals surface area contributed by atoms with Crippen LogP contribution in [0, 0.1) is 0 Å². The van der Waals surface area contributed by atoms with Crippen molar-refractivity contribution in [2.45, 2.75) is 25.4 Å². The highest BCUT2D eigenvalue weighted by Gasteiger charge is 2.40. The zero-order valence-electron chi connectivity index (χ0n) is 19.3. The minimum Gasteiger partial charge on any atom is -0.353 e. The standard InChI is InChI=1S/C28H22N4O3/c1-14(33)29-15-11-12-16(13-15)32-20-10-6-4-8-18(20)22-24-23(27(34)31(2)28(24)35)21-17-7-3-5-9-19(17)30-25(21)26(22)32/h3-12,15-16,30H,13H2,1-2H3,(H,29,33)/t15-,16?/m1/s1. The monoisotopic (exact) mass is 462 g/mol. The number of hydrogen-bond acceptors (Lipinski definition) is 3. The van der Waals surface area contributed by atoms with E-state index in [1.807, 2.05) is 48.5 Å².